The van der Waals surface area contributed by atoms with E-state index in [-0.39, 0.29) is 11.0 Å². The predicted octanol–water partition coefficient (Wildman–Crippen LogP) is 5.89. The lowest BCUT2D eigenvalue weighted by atomic mass is 9.87. The topological polar surface area (TPSA) is 73.8 Å². The summed E-state index contributed by atoms with van der Waals surface area (Å²) < 4.78 is 7.16. The number of aryl methyl sites for hydroxylation is 1. The Hall–Kier alpha value is -3.10. The molecular weight excluding hydrogens is 440 g/mol. The Labute approximate surface area is 193 Å². The van der Waals surface area contributed by atoms with Gasteiger partial charge in [-0.1, -0.05) is 56.3 Å². The molecule has 0 bridgehead atoms. The van der Waals surface area contributed by atoms with Crippen LogP contribution in [0.25, 0.3) is 31.7 Å². The van der Waals surface area contributed by atoms with Crippen molar-refractivity contribution in [2.24, 2.45) is 0 Å². The molecule has 6 nitrogen and oxygen atoms in total. The summed E-state index contributed by atoms with van der Waals surface area (Å²) in [6.07, 6.45) is 1.62. The summed E-state index contributed by atoms with van der Waals surface area (Å²) in [5.41, 5.74) is 3.18. The molecule has 0 saturated heterocycles. The van der Waals surface area contributed by atoms with Crippen molar-refractivity contribution in [1.29, 1.82) is 0 Å². The maximum Gasteiger partial charge on any atom is 0.268 e. The van der Waals surface area contributed by atoms with E-state index in [9.17, 15) is 4.79 Å². The summed E-state index contributed by atoms with van der Waals surface area (Å²) in [6, 6.07) is 12.3. The molecule has 0 saturated carbocycles. The number of aromatic nitrogens is 4. The van der Waals surface area contributed by atoms with E-state index in [0.29, 0.717) is 28.5 Å². The highest BCUT2D eigenvalue weighted by Crippen LogP contribution is 2.36. The molecular formula is C24H22N4O2S2. The maximum absolute atomic E-state index is 13.3. The Morgan fingerprint density at radius 2 is 1.91 bits per heavy atom. The van der Waals surface area contributed by atoms with Gasteiger partial charge in [-0.05, 0) is 40.5 Å². The molecule has 0 unspecified atom stereocenters. The highest BCUT2D eigenvalue weighted by atomic mass is 32.1. The highest BCUT2D eigenvalue weighted by Gasteiger charge is 2.21. The summed E-state index contributed by atoms with van der Waals surface area (Å²) >= 11 is 2.96. The van der Waals surface area contributed by atoms with Gasteiger partial charge in [-0.15, -0.1) is 22.7 Å². The monoisotopic (exact) mass is 462 g/mol. The lowest BCUT2D eigenvalue weighted by Crippen LogP contribution is -2.21. The fourth-order valence-electron chi connectivity index (χ4n) is 3.60. The molecule has 0 aliphatic carbocycles. The zero-order valence-electron chi connectivity index (χ0n) is 18.2. The van der Waals surface area contributed by atoms with Gasteiger partial charge in [-0.2, -0.15) is 4.98 Å². The molecule has 4 aromatic heterocycles. The molecule has 8 heteroatoms. The van der Waals surface area contributed by atoms with Gasteiger partial charge in [0.2, 0.25) is 5.82 Å². The fourth-order valence-corrected chi connectivity index (χ4v) is 5.31. The largest absolute Gasteiger partial charge is 0.333 e. The second kappa shape index (κ2) is 7.79. The van der Waals surface area contributed by atoms with Crippen LogP contribution in [0.3, 0.4) is 0 Å². The zero-order chi connectivity index (χ0) is 22.5. The van der Waals surface area contributed by atoms with Crippen LogP contribution in [0.1, 0.15) is 37.5 Å². The van der Waals surface area contributed by atoms with Gasteiger partial charge in [0.25, 0.3) is 11.4 Å². The molecule has 1 aromatic carbocycles. The Morgan fingerprint density at radius 3 is 2.59 bits per heavy atom. The third kappa shape index (κ3) is 3.69. The van der Waals surface area contributed by atoms with Crippen LogP contribution in [-0.4, -0.2) is 19.7 Å². The van der Waals surface area contributed by atoms with Crippen molar-refractivity contribution in [1.82, 2.24) is 19.7 Å². The van der Waals surface area contributed by atoms with Crippen molar-refractivity contribution < 1.29 is 4.52 Å². The van der Waals surface area contributed by atoms with Crippen molar-refractivity contribution in [3.63, 3.8) is 0 Å². The fraction of sp³-hybridized carbons (Fsp3) is 0.250. The third-order valence-electron chi connectivity index (χ3n) is 5.45. The van der Waals surface area contributed by atoms with E-state index in [0.717, 1.165) is 20.9 Å². The van der Waals surface area contributed by atoms with Gasteiger partial charge in [0, 0.05) is 0 Å². The van der Waals surface area contributed by atoms with E-state index in [1.54, 1.807) is 22.2 Å². The van der Waals surface area contributed by atoms with Crippen molar-refractivity contribution >= 4 is 32.9 Å². The smallest absolute Gasteiger partial charge is 0.268 e. The Balaban J connectivity index is 1.49. The first-order valence-electron chi connectivity index (χ1n) is 10.3. The van der Waals surface area contributed by atoms with E-state index >= 15 is 0 Å². The number of nitrogens with zero attached hydrogens (tertiary/aromatic N) is 4. The van der Waals surface area contributed by atoms with Gasteiger partial charge in [0.05, 0.1) is 28.0 Å². The van der Waals surface area contributed by atoms with Crippen LogP contribution in [0.5, 0.6) is 0 Å². The number of rotatable bonds is 4. The number of benzene rings is 1. The minimum atomic E-state index is -0.0621. The van der Waals surface area contributed by atoms with Gasteiger partial charge >= 0.3 is 0 Å². The molecule has 162 valence electrons. The number of hydrogen-bond donors (Lipinski definition) is 0. The molecule has 0 fully saturated rings. The van der Waals surface area contributed by atoms with Crippen LogP contribution in [0.2, 0.25) is 0 Å². The van der Waals surface area contributed by atoms with E-state index in [1.807, 2.05) is 24.4 Å². The summed E-state index contributed by atoms with van der Waals surface area (Å²) in [7, 11) is 0. The van der Waals surface area contributed by atoms with Crippen molar-refractivity contribution in [2.75, 3.05) is 0 Å². The molecule has 4 heterocycles. The third-order valence-corrected chi connectivity index (χ3v) is 7.51. The number of thiophene rings is 2. The van der Waals surface area contributed by atoms with Crippen molar-refractivity contribution in [2.45, 2.75) is 39.7 Å². The Kier molecular flexibility index (Phi) is 5.06. The van der Waals surface area contributed by atoms with E-state index in [4.69, 9.17) is 4.52 Å². The molecule has 0 spiro atoms. The first-order valence-corrected chi connectivity index (χ1v) is 12.0. The Bertz CT molecular complexity index is 1450. The number of hydrogen-bond acceptors (Lipinski definition) is 7. The highest BCUT2D eigenvalue weighted by molar-refractivity contribution is 7.22. The average Bonchev–Trinajstić information content (AvgIpc) is 3.50. The van der Waals surface area contributed by atoms with Gasteiger partial charge < -0.3 is 4.52 Å². The summed E-state index contributed by atoms with van der Waals surface area (Å²) in [5, 5.41) is 6.67. The first kappa shape index (κ1) is 20.8. The van der Waals surface area contributed by atoms with Crippen LogP contribution >= 0.6 is 22.7 Å². The van der Waals surface area contributed by atoms with Crippen molar-refractivity contribution in [3.05, 3.63) is 75.1 Å². The maximum atomic E-state index is 13.3. The van der Waals surface area contributed by atoms with E-state index in [2.05, 4.69) is 60.2 Å². The van der Waals surface area contributed by atoms with Crippen LogP contribution in [0.15, 0.2) is 57.4 Å². The summed E-state index contributed by atoms with van der Waals surface area (Å²) in [4.78, 5) is 24.8. The lowest BCUT2D eigenvalue weighted by molar-refractivity contribution is 0.433. The van der Waals surface area contributed by atoms with Crippen LogP contribution in [0.4, 0.5) is 0 Å². The predicted molar refractivity (Wildman–Crippen MR) is 129 cm³/mol. The van der Waals surface area contributed by atoms with Crippen LogP contribution in [-0.2, 0) is 12.0 Å². The van der Waals surface area contributed by atoms with Crippen molar-refractivity contribution in [3.8, 4) is 21.5 Å². The summed E-state index contributed by atoms with van der Waals surface area (Å²) in [6.45, 7) is 8.95. The molecule has 0 aliphatic heterocycles. The molecule has 5 aromatic rings. The molecule has 0 aliphatic rings. The standard InChI is InChI=1S/C24H22N4O2S2/c1-14-18-22(32-19(14)21-26-20(27-30-21)17-6-5-11-31-17)25-13-28(23(18)29)12-15-7-9-16(10-8-15)24(2,3)4/h5-11,13H,12H2,1-4H3. The van der Waals surface area contributed by atoms with Crippen LogP contribution < -0.4 is 5.56 Å². The van der Waals surface area contributed by atoms with Gasteiger partial charge in [0.1, 0.15) is 4.83 Å². The first-order chi connectivity index (χ1) is 15.3. The Morgan fingerprint density at radius 1 is 1.12 bits per heavy atom. The normalized spacial score (nSPS) is 12.0. The number of fused-ring (bicyclic) bond motifs is 1. The van der Waals surface area contributed by atoms with Gasteiger partial charge in [-0.25, -0.2) is 4.98 Å². The second-order valence-electron chi connectivity index (χ2n) is 8.76. The quantitative estimate of drug-likeness (QED) is 0.333. The van der Waals surface area contributed by atoms with E-state index < -0.39 is 0 Å². The lowest BCUT2D eigenvalue weighted by Gasteiger charge is -2.19. The molecule has 0 radical (unpaired) electrons. The van der Waals surface area contributed by atoms with Gasteiger partial charge in [-0.3, -0.25) is 9.36 Å². The van der Waals surface area contributed by atoms with Gasteiger partial charge in [0.15, 0.2) is 0 Å². The second-order valence-corrected chi connectivity index (χ2v) is 10.7. The minimum Gasteiger partial charge on any atom is -0.333 e. The molecule has 5 rings (SSSR count). The SMILES string of the molecule is Cc1c(-c2nc(-c3cccs3)no2)sc2ncn(Cc3ccc(C(C)(C)C)cc3)c(=O)c12. The molecule has 0 N–H and O–H groups in total. The molecule has 0 amide bonds. The summed E-state index contributed by atoms with van der Waals surface area (Å²) in [5.74, 6) is 0.966. The average molecular weight is 463 g/mol. The van der Waals surface area contributed by atoms with Crippen LogP contribution in [0, 0.1) is 6.92 Å². The molecule has 32 heavy (non-hydrogen) atoms. The zero-order valence-corrected chi connectivity index (χ0v) is 19.9. The minimum absolute atomic E-state index is 0.0621. The molecule has 0 atom stereocenters. The van der Waals surface area contributed by atoms with E-state index in [1.165, 1.54) is 16.9 Å².